The van der Waals surface area contributed by atoms with E-state index >= 15 is 0 Å². The molecule has 0 saturated heterocycles. The lowest BCUT2D eigenvalue weighted by atomic mass is 9.62. The van der Waals surface area contributed by atoms with Gasteiger partial charge in [-0.2, -0.15) is 5.26 Å². The number of amides is 3. The zero-order valence-corrected chi connectivity index (χ0v) is 39.9. The molecule has 8 N–H and O–H groups in total. The van der Waals surface area contributed by atoms with Crippen LogP contribution in [0.4, 0.5) is 21.5 Å². The number of carbonyl (C=O) groups is 2. The number of halogens is 2. The zero-order valence-electron chi connectivity index (χ0n) is 35.7. The highest BCUT2D eigenvalue weighted by Crippen LogP contribution is 2.48. The van der Waals surface area contributed by atoms with Crippen molar-refractivity contribution >= 4 is 71.9 Å². The second-order valence-corrected chi connectivity index (χ2v) is 26.0. The van der Waals surface area contributed by atoms with Gasteiger partial charge >= 0.3 is 12.1 Å². The summed E-state index contributed by atoms with van der Waals surface area (Å²) < 4.78 is 16.6. The number of alkyl carbamates (subject to hydrolysis) is 1. The number of anilines is 2. The van der Waals surface area contributed by atoms with Gasteiger partial charge in [0, 0.05) is 51.9 Å². The molecule has 2 fully saturated rings. The lowest BCUT2D eigenvalue weighted by Gasteiger charge is -2.46. The maximum atomic E-state index is 12.8. The van der Waals surface area contributed by atoms with Gasteiger partial charge in [-0.15, -0.1) is 0 Å². The summed E-state index contributed by atoms with van der Waals surface area (Å²) in [5.41, 5.74) is 6.59. The molecule has 0 bridgehead atoms. The number of urea groups is 1. The predicted octanol–water partition coefficient (Wildman–Crippen LogP) is 7.11. The van der Waals surface area contributed by atoms with E-state index in [-0.39, 0.29) is 76.4 Å². The average Bonchev–Trinajstić information content (AvgIpc) is 3.05. The van der Waals surface area contributed by atoms with E-state index < -0.39 is 15.9 Å². The van der Waals surface area contributed by atoms with E-state index in [0.717, 1.165) is 38.5 Å². The van der Waals surface area contributed by atoms with Gasteiger partial charge in [-0.3, -0.25) is 24.9 Å². The molecule has 16 nitrogen and oxygen atoms in total. The summed E-state index contributed by atoms with van der Waals surface area (Å²) in [4.78, 5) is 62.5. The fraction of sp³-hybridized carbons (Fsp3) is 0.711. The minimum atomic E-state index is -0.552. The van der Waals surface area contributed by atoms with Crippen LogP contribution >= 0.6 is 47.9 Å². The molecule has 4 atom stereocenters. The number of carbonyl (C=O) groups excluding carboxylic acids is 2. The number of nitriles is 1. The molecule has 2 saturated carbocycles. The van der Waals surface area contributed by atoms with Crippen molar-refractivity contribution in [1.82, 2.24) is 30.6 Å². The van der Waals surface area contributed by atoms with Crippen molar-refractivity contribution in [2.24, 2.45) is 21.7 Å². The van der Waals surface area contributed by atoms with Gasteiger partial charge in [0.25, 0.3) is 17.4 Å². The van der Waals surface area contributed by atoms with E-state index in [4.69, 9.17) is 26.9 Å². The quantitative estimate of drug-likeness (QED) is 0.0679. The fourth-order valence-corrected chi connectivity index (χ4v) is 8.84. The second-order valence-electron chi connectivity index (χ2n) is 17.4. The first-order valence-electron chi connectivity index (χ1n) is 19.5. The Kier molecular flexibility index (Phi) is 19.2. The standard InChI is InChI=1S/C31H50N6O5.C7H11N3O2.HI2P/c1-9-30(7)14-21(12-28(3,4)16-30)34-26(39)37-25-33-20(2)23(24(38)36-25)10-11-42-27(40)35-22-13-29(5,6)17-31(8,15-22)18-41-19-32;1-4-5(2-3-11)6(12)10-7(8)9-4;1-3-2/h21-22H,9-18H2,1-8H3,(H,35,40)(H3,33,34,36,37,38,39);11H,2-3H2,1H3,(H3,8,9,10,12);3H/i;;3D. The van der Waals surface area contributed by atoms with Gasteiger partial charge in [0.1, 0.15) is 6.61 Å². The molecule has 2 aromatic heterocycles. The van der Waals surface area contributed by atoms with Gasteiger partial charge in [0.2, 0.25) is 11.9 Å². The fourth-order valence-electron chi connectivity index (χ4n) is 8.84. The van der Waals surface area contributed by atoms with Crippen molar-refractivity contribution in [3.63, 3.8) is 0 Å². The smallest absolute Gasteiger partial charge is 0.407 e. The van der Waals surface area contributed by atoms with E-state index in [1.54, 1.807) is 20.1 Å². The van der Waals surface area contributed by atoms with Crippen LogP contribution in [0.5, 0.6) is 0 Å². The number of hydrogen-bond acceptors (Lipinski definition) is 11. The lowest BCUT2D eigenvalue weighted by molar-refractivity contribution is 0.0196. The zero-order chi connectivity index (χ0) is 44.1. The minimum absolute atomic E-state index is 0.00325. The third kappa shape index (κ3) is 17.2. The number of rotatable bonds is 11. The average molecular weight is 1040 g/mol. The Morgan fingerprint density at radius 2 is 1.47 bits per heavy atom. The number of nitrogens with two attached hydrogens (primary N) is 1. The molecule has 19 heteroatoms. The Bertz CT molecular complexity index is 1860. The van der Waals surface area contributed by atoms with Crippen LogP contribution in [-0.2, 0) is 22.3 Å². The molecule has 4 rings (SSSR count). The number of aryl methyl sites for hydroxylation is 2. The van der Waals surface area contributed by atoms with Crippen LogP contribution in [0.2, 0.25) is 0 Å². The van der Waals surface area contributed by atoms with Gasteiger partial charge in [-0.1, -0.05) is 54.9 Å². The first-order valence-corrected chi connectivity index (χ1v) is 25.5. The van der Waals surface area contributed by atoms with Crippen LogP contribution in [0.1, 0.15) is 116 Å². The Labute approximate surface area is 365 Å². The number of ether oxygens (including phenoxy) is 2. The first-order chi connectivity index (χ1) is 26.8. The number of aromatic amines is 2. The number of H-pyrrole nitrogens is 2. The SMILES string of the molecule is CCC1(C)CC(NC(=O)Nc2nc(C)c(CCOC(=O)NC3CC(C)(C)CC(C)(COC#N)C3)c(=O)[nH]2)CC(C)(C)C1.Cc1nc(N)[nH]c(=O)c1CCO.[2H]P(I)I. The number of nitrogen functional groups attached to an aromatic ring is 1. The van der Waals surface area contributed by atoms with Gasteiger partial charge in [-0.05, 0) is 113 Å². The number of aliphatic hydroxyl groups is 1. The summed E-state index contributed by atoms with van der Waals surface area (Å²) >= 11 is 4.12. The van der Waals surface area contributed by atoms with Gasteiger partial charge in [0.05, 0.1) is 19.3 Å². The van der Waals surface area contributed by atoms with Crippen LogP contribution in [0.25, 0.3) is 0 Å². The van der Waals surface area contributed by atoms with E-state index in [9.17, 15) is 19.2 Å². The summed E-state index contributed by atoms with van der Waals surface area (Å²) in [7, 11) is 0. The number of aromatic nitrogens is 4. The molecule has 2 heterocycles. The topological polar surface area (TPSA) is 250 Å². The van der Waals surface area contributed by atoms with Crippen molar-refractivity contribution < 1.29 is 24.2 Å². The summed E-state index contributed by atoms with van der Waals surface area (Å²) in [6.07, 6.45) is 7.99. The third-order valence-electron chi connectivity index (χ3n) is 10.5. The van der Waals surface area contributed by atoms with Crippen LogP contribution in [0.3, 0.4) is 0 Å². The van der Waals surface area contributed by atoms with E-state index in [1.807, 2.05) is 0 Å². The Morgan fingerprint density at radius 1 is 0.947 bits per heavy atom. The van der Waals surface area contributed by atoms with Gasteiger partial charge in [0.15, 0.2) is 0 Å². The Hall–Kier alpha value is -2.76. The molecule has 2 aliphatic rings. The van der Waals surface area contributed by atoms with Crippen molar-refractivity contribution in [2.75, 3.05) is 30.9 Å². The van der Waals surface area contributed by atoms with Gasteiger partial charge in [-0.25, -0.2) is 19.6 Å². The third-order valence-corrected chi connectivity index (χ3v) is 10.5. The highest BCUT2D eigenvalue weighted by Gasteiger charge is 2.43. The van der Waals surface area contributed by atoms with Crippen molar-refractivity contribution in [1.29, 1.82) is 6.54 Å². The van der Waals surface area contributed by atoms with E-state index in [1.165, 1.54) is 0 Å². The number of nitrogens with one attached hydrogen (secondary N) is 5. The normalized spacial score (nSPS) is 23.5. The maximum Gasteiger partial charge on any atom is 0.407 e. The van der Waals surface area contributed by atoms with Crippen LogP contribution in [0, 0.1) is 47.0 Å². The number of nitrogens with zero attached hydrogens (tertiary/aromatic N) is 3. The lowest BCUT2D eigenvalue weighted by Crippen LogP contribution is -2.48. The van der Waals surface area contributed by atoms with Crippen molar-refractivity contribution in [3.8, 4) is 6.26 Å². The molecule has 0 aromatic carbocycles. The molecule has 2 aliphatic carbocycles. The highest BCUT2D eigenvalue weighted by atomic mass is 127. The second kappa shape index (κ2) is 22.6. The molecule has 0 aliphatic heterocycles. The van der Waals surface area contributed by atoms with Crippen molar-refractivity contribution in [2.45, 2.75) is 132 Å². The molecular weight excluding hydrogens is 979 g/mol. The minimum Gasteiger partial charge on any atom is -0.449 e. The summed E-state index contributed by atoms with van der Waals surface area (Å²) in [5.74, 6) is 0.188. The molecule has 57 heavy (non-hydrogen) atoms. The van der Waals surface area contributed by atoms with Crippen LogP contribution < -0.4 is 32.8 Å². The largest absolute Gasteiger partial charge is 0.449 e. The van der Waals surface area contributed by atoms with E-state index in [2.05, 4.69) is 128 Å². The highest BCUT2D eigenvalue weighted by molar-refractivity contribution is 14.3. The summed E-state index contributed by atoms with van der Waals surface area (Å²) in [5, 5.41) is 26.1. The molecule has 0 radical (unpaired) electrons. The first kappa shape index (κ1) is 48.6. The number of hydrogen-bond donors (Lipinski definition) is 7. The number of aliphatic hydroxyl groups excluding tert-OH is 1. The molecule has 0 spiro atoms. The summed E-state index contributed by atoms with van der Waals surface area (Å²) in [6, 6.07) is -0.478. The predicted molar refractivity (Wildman–Crippen MR) is 242 cm³/mol. The van der Waals surface area contributed by atoms with E-state index in [0.29, 0.717) is 42.0 Å². The summed E-state index contributed by atoms with van der Waals surface area (Å²) in [6.45, 7) is 18.9. The molecule has 320 valence electrons. The maximum absolute atomic E-state index is 12.8. The molecular formula is C38H62I2N9O7P. The molecule has 2 aromatic rings. The van der Waals surface area contributed by atoms with Crippen LogP contribution in [0.15, 0.2) is 9.59 Å². The van der Waals surface area contributed by atoms with Gasteiger partial charge < -0.3 is 30.9 Å². The van der Waals surface area contributed by atoms with Crippen molar-refractivity contribution in [3.05, 3.63) is 43.2 Å². The molecule has 4 unspecified atom stereocenters. The Balaban J connectivity index is 0.000000603. The van der Waals surface area contributed by atoms with Crippen LogP contribution in [-0.4, -0.2) is 70.3 Å². The monoisotopic (exact) mass is 1040 g/mol. The molecule has 3 amide bonds. The Morgan fingerprint density at radius 3 is 2.02 bits per heavy atom.